The van der Waals surface area contributed by atoms with Crippen molar-refractivity contribution >= 4 is 28.2 Å². The number of rotatable bonds is 4. The van der Waals surface area contributed by atoms with Crippen molar-refractivity contribution in [3.8, 4) is 0 Å². The van der Waals surface area contributed by atoms with Crippen LogP contribution in [0.3, 0.4) is 0 Å². The third kappa shape index (κ3) is 3.01. The molecule has 2 heterocycles. The first-order valence-corrected chi connectivity index (χ1v) is 6.26. The summed E-state index contributed by atoms with van der Waals surface area (Å²) in [7, 11) is 0. The Kier molecular flexibility index (Phi) is 3.80. The van der Waals surface area contributed by atoms with Gasteiger partial charge in [0.25, 0.3) is 5.56 Å². The average molecular weight is 295 g/mol. The van der Waals surface area contributed by atoms with E-state index in [1.165, 1.54) is 17.6 Å². The molecule has 2 rings (SSSR count). The highest BCUT2D eigenvalue weighted by Gasteiger charge is 2.14. The lowest BCUT2D eigenvalue weighted by atomic mass is 10.3. The Balaban J connectivity index is 2.13. The van der Waals surface area contributed by atoms with E-state index in [1.807, 2.05) is 4.98 Å². The number of aromatic amines is 1. The molecule has 104 valence electrons. The second-order valence-electron chi connectivity index (χ2n) is 3.75. The second kappa shape index (κ2) is 5.53. The first kappa shape index (κ1) is 13.7. The predicted molar refractivity (Wildman–Crippen MR) is 71.2 cm³/mol. The number of carbonyl (C=O) groups excluding carboxylic acids is 1. The van der Waals surface area contributed by atoms with E-state index in [2.05, 4.69) is 5.32 Å². The van der Waals surface area contributed by atoms with E-state index in [-0.39, 0.29) is 17.1 Å². The van der Waals surface area contributed by atoms with Crippen LogP contribution in [-0.2, 0) is 11.3 Å². The van der Waals surface area contributed by atoms with Crippen LogP contribution in [0.25, 0.3) is 0 Å². The van der Waals surface area contributed by atoms with Crippen LogP contribution >= 0.6 is 11.3 Å². The highest BCUT2D eigenvalue weighted by molar-refractivity contribution is 7.14. The van der Waals surface area contributed by atoms with Gasteiger partial charge in [-0.1, -0.05) is 0 Å². The Hall–Kier alpha value is -2.68. The number of carboxylic acid groups (broad SMARTS) is 1. The number of hydrogen-bond acceptors (Lipinski definition) is 5. The molecule has 0 radical (unpaired) electrons. The quantitative estimate of drug-likeness (QED) is 0.729. The van der Waals surface area contributed by atoms with Crippen LogP contribution in [0.1, 0.15) is 10.4 Å². The fourth-order valence-electron chi connectivity index (χ4n) is 1.46. The molecule has 20 heavy (non-hydrogen) atoms. The molecule has 0 spiro atoms. The Morgan fingerprint density at radius 3 is 2.75 bits per heavy atom. The highest BCUT2D eigenvalue weighted by atomic mass is 32.1. The Labute approximate surface area is 115 Å². The largest absolute Gasteiger partial charge is 0.478 e. The minimum atomic E-state index is -1.15. The number of amides is 1. The SMILES string of the molecule is O=C(Cn1ccc(=O)[nH]c1=O)Nc1sccc1C(=O)O. The second-order valence-corrected chi connectivity index (χ2v) is 4.67. The van der Waals surface area contributed by atoms with Gasteiger partial charge < -0.3 is 10.4 Å². The summed E-state index contributed by atoms with van der Waals surface area (Å²) in [5.74, 6) is -1.72. The van der Waals surface area contributed by atoms with E-state index in [9.17, 15) is 19.2 Å². The maximum absolute atomic E-state index is 11.7. The van der Waals surface area contributed by atoms with Gasteiger partial charge in [0.15, 0.2) is 0 Å². The minimum Gasteiger partial charge on any atom is -0.478 e. The van der Waals surface area contributed by atoms with E-state index in [0.29, 0.717) is 0 Å². The molecule has 0 aliphatic carbocycles. The summed E-state index contributed by atoms with van der Waals surface area (Å²) in [4.78, 5) is 46.9. The average Bonchev–Trinajstić information content (AvgIpc) is 2.81. The molecule has 0 aliphatic heterocycles. The van der Waals surface area contributed by atoms with Crippen molar-refractivity contribution in [3.05, 3.63) is 50.1 Å². The molecule has 0 aromatic carbocycles. The number of thiophene rings is 1. The number of H-pyrrole nitrogens is 1. The molecule has 1 amide bonds. The first-order valence-electron chi connectivity index (χ1n) is 5.38. The number of hydrogen-bond donors (Lipinski definition) is 3. The van der Waals surface area contributed by atoms with Crippen LogP contribution in [0, 0.1) is 0 Å². The number of aromatic carboxylic acids is 1. The number of nitrogens with zero attached hydrogens (tertiary/aromatic N) is 1. The summed E-state index contributed by atoms with van der Waals surface area (Å²) in [6, 6.07) is 2.48. The zero-order chi connectivity index (χ0) is 14.7. The number of carbonyl (C=O) groups is 2. The van der Waals surface area contributed by atoms with E-state index in [0.717, 1.165) is 22.0 Å². The van der Waals surface area contributed by atoms with Crippen molar-refractivity contribution in [2.45, 2.75) is 6.54 Å². The van der Waals surface area contributed by atoms with Crippen LogP contribution in [0.4, 0.5) is 5.00 Å². The monoisotopic (exact) mass is 295 g/mol. The zero-order valence-corrected chi connectivity index (χ0v) is 10.8. The Bertz CT molecular complexity index is 773. The van der Waals surface area contributed by atoms with Gasteiger partial charge in [0, 0.05) is 12.3 Å². The molecular weight excluding hydrogens is 286 g/mol. The van der Waals surface area contributed by atoms with Crippen molar-refractivity contribution in [2.24, 2.45) is 0 Å². The first-order chi connectivity index (χ1) is 9.47. The van der Waals surface area contributed by atoms with Gasteiger partial charge in [-0.2, -0.15) is 0 Å². The van der Waals surface area contributed by atoms with Crippen molar-refractivity contribution in [1.29, 1.82) is 0 Å². The number of nitrogens with one attached hydrogen (secondary N) is 2. The molecule has 3 N–H and O–H groups in total. The van der Waals surface area contributed by atoms with Crippen molar-refractivity contribution in [1.82, 2.24) is 9.55 Å². The Morgan fingerprint density at radius 1 is 1.35 bits per heavy atom. The van der Waals surface area contributed by atoms with Crippen LogP contribution in [0.15, 0.2) is 33.3 Å². The smallest absolute Gasteiger partial charge is 0.338 e. The molecule has 2 aromatic rings. The van der Waals surface area contributed by atoms with Gasteiger partial charge in [-0.15, -0.1) is 11.3 Å². The topological polar surface area (TPSA) is 121 Å². The van der Waals surface area contributed by atoms with Gasteiger partial charge in [-0.3, -0.25) is 19.1 Å². The lowest BCUT2D eigenvalue weighted by molar-refractivity contribution is -0.116. The lowest BCUT2D eigenvalue weighted by Crippen LogP contribution is -2.32. The lowest BCUT2D eigenvalue weighted by Gasteiger charge is -2.05. The van der Waals surface area contributed by atoms with E-state index in [4.69, 9.17) is 5.11 Å². The molecular formula is C11H9N3O5S. The molecule has 0 fully saturated rings. The summed E-state index contributed by atoms with van der Waals surface area (Å²) >= 11 is 1.07. The molecule has 2 aromatic heterocycles. The van der Waals surface area contributed by atoms with E-state index >= 15 is 0 Å². The normalized spacial score (nSPS) is 10.2. The number of carboxylic acids is 1. The molecule has 0 aliphatic rings. The molecule has 9 heteroatoms. The van der Waals surface area contributed by atoms with Crippen molar-refractivity contribution in [3.63, 3.8) is 0 Å². The van der Waals surface area contributed by atoms with Crippen molar-refractivity contribution < 1.29 is 14.7 Å². The minimum absolute atomic E-state index is 0.0165. The third-order valence-corrected chi connectivity index (χ3v) is 3.19. The van der Waals surface area contributed by atoms with Gasteiger partial charge >= 0.3 is 11.7 Å². The highest BCUT2D eigenvalue weighted by Crippen LogP contribution is 2.22. The maximum atomic E-state index is 11.7. The van der Waals surface area contributed by atoms with Crippen LogP contribution in [0.2, 0.25) is 0 Å². The van der Waals surface area contributed by atoms with Crippen LogP contribution in [0.5, 0.6) is 0 Å². The fourth-order valence-corrected chi connectivity index (χ4v) is 2.26. The summed E-state index contributed by atoms with van der Waals surface area (Å²) in [5.41, 5.74) is -1.28. The summed E-state index contributed by atoms with van der Waals surface area (Å²) in [5, 5.41) is 13.0. The predicted octanol–water partition coefficient (Wildman–Crippen LogP) is -0.0650. The molecule has 0 bridgehead atoms. The van der Waals surface area contributed by atoms with E-state index < -0.39 is 23.1 Å². The van der Waals surface area contributed by atoms with Gasteiger partial charge in [0.05, 0.1) is 5.56 Å². The van der Waals surface area contributed by atoms with Crippen LogP contribution in [-0.4, -0.2) is 26.5 Å². The van der Waals surface area contributed by atoms with Crippen molar-refractivity contribution in [2.75, 3.05) is 5.32 Å². The summed E-state index contributed by atoms with van der Waals surface area (Å²) < 4.78 is 1.00. The standard InChI is InChI=1S/C11H9N3O5S/c15-7-1-3-14(11(19)13-7)5-8(16)12-9-6(10(17)18)2-4-20-9/h1-4H,5H2,(H,12,16)(H,17,18)(H,13,15,19). The van der Waals surface area contributed by atoms with Gasteiger partial charge in [0.1, 0.15) is 11.5 Å². The number of aromatic nitrogens is 2. The summed E-state index contributed by atoms with van der Waals surface area (Å²) in [6.07, 6.45) is 1.19. The third-order valence-electron chi connectivity index (χ3n) is 2.36. The number of anilines is 1. The Morgan fingerprint density at radius 2 is 2.10 bits per heavy atom. The maximum Gasteiger partial charge on any atom is 0.338 e. The van der Waals surface area contributed by atoms with Gasteiger partial charge in [-0.05, 0) is 11.4 Å². The fraction of sp³-hybridized carbons (Fsp3) is 0.0909. The molecule has 0 saturated carbocycles. The molecule has 0 atom stereocenters. The molecule has 0 saturated heterocycles. The molecule has 8 nitrogen and oxygen atoms in total. The summed E-state index contributed by atoms with van der Waals surface area (Å²) in [6.45, 7) is -0.327. The van der Waals surface area contributed by atoms with Gasteiger partial charge in [0.2, 0.25) is 5.91 Å². The van der Waals surface area contributed by atoms with Crippen LogP contribution < -0.4 is 16.6 Å². The molecule has 0 unspecified atom stereocenters. The van der Waals surface area contributed by atoms with Gasteiger partial charge in [-0.25, -0.2) is 9.59 Å². The van der Waals surface area contributed by atoms with E-state index in [1.54, 1.807) is 0 Å². The zero-order valence-electron chi connectivity index (χ0n) is 9.95.